The molecule has 0 unspecified atom stereocenters. The van der Waals surface area contributed by atoms with Crippen molar-refractivity contribution < 1.29 is 48.0 Å². The number of hydrogen-bond acceptors (Lipinski definition) is 10. The van der Waals surface area contributed by atoms with Crippen LogP contribution in [-0.2, 0) is 20.9 Å². The summed E-state index contributed by atoms with van der Waals surface area (Å²) in [6.45, 7) is 10.9. The number of hydrogen-bond donors (Lipinski definition) is 3. The zero-order chi connectivity index (χ0) is 47.2. The summed E-state index contributed by atoms with van der Waals surface area (Å²) < 4.78 is 40.4. The summed E-state index contributed by atoms with van der Waals surface area (Å²) in [7, 11) is 1.49. The van der Waals surface area contributed by atoms with Gasteiger partial charge in [-0.1, -0.05) is 113 Å². The first-order chi connectivity index (χ1) is 32.2. The molecule has 0 saturated heterocycles. The molecule has 0 radical (unpaired) electrons. The van der Waals surface area contributed by atoms with E-state index in [4.69, 9.17) is 23.8 Å². The fourth-order valence-electron chi connectivity index (χ4n) is 10.2. The maximum Gasteiger partial charge on any atom is 0.412 e. The summed E-state index contributed by atoms with van der Waals surface area (Å²) >= 11 is 0. The van der Waals surface area contributed by atoms with Crippen LogP contribution in [0, 0.1) is 23.6 Å². The van der Waals surface area contributed by atoms with Gasteiger partial charge in [0.15, 0.2) is 0 Å². The lowest BCUT2D eigenvalue weighted by molar-refractivity contribution is -0.256. The normalized spacial score (nSPS) is 22.3. The Morgan fingerprint density at radius 3 is 2.29 bits per heavy atom. The minimum absolute atomic E-state index is 0.0151. The lowest BCUT2D eigenvalue weighted by Gasteiger charge is -2.59. The number of rotatable bonds is 30. The number of ether oxygens (including phenoxy) is 4. The molecule has 2 aromatic rings. The van der Waals surface area contributed by atoms with E-state index in [9.17, 15) is 24.2 Å². The highest BCUT2D eigenvalue weighted by molar-refractivity contribution is 6.03. The molecule has 1 heterocycles. The summed E-state index contributed by atoms with van der Waals surface area (Å²) in [6, 6.07) is 10.5. The molecule has 3 aliphatic rings. The van der Waals surface area contributed by atoms with E-state index in [1.165, 1.54) is 64.2 Å². The quantitative estimate of drug-likeness (QED) is 0.0396. The highest BCUT2D eigenvalue weighted by Gasteiger charge is 2.65. The smallest absolute Gasteiger partial charge is 0.412 e. The number of aliphatic hydroxyl groups is 2. The van der Waals surface area contributed by atoms with Gasteiger partial charge in [0.25, 0.3) is 0 Å². The van der Waals surface area contributed by atoms with Gasteiger partial charge < -0.3 is 39.3 Å². The molecule has 2 aliphatic carbocycles. The van der Waals surface area contributed by atoms with Gasteiger partial charge in [0.05, 0.1) is 24.8 Å². The van der Waals surface area contributed by atoms with Crippen LogP contribution in [0.2, 0.25) is 0 Å². The molecular formula is C53H76FN3O9. The van der Waals surface area contributed by atoms with E-state index < -0.39 is 35.8 Å². The number of allylic oxidation sites excluding steroid dienone is 1. The fraction of sp³-hybridized carbons (Fsp3) is 0.604. The highest BCUT2D eigenvalue weighted by Crippen LogP contribution is 2.62. The number of aliphatic hydroxyl groups excluding tert-OH is 2. The van der Waals surface area contributed by atoms with Crippen LogP contribution >= 0.6 is 0 Å². The standard InChI is InChI=1S/C53H76FN3O9/c1-5-8-10-11-12-13-14-15-16-19-30-55-51(60)65-42-28-29-47-45(36-42)49-43(23-18-21-32-59)40(22-17-20-31-58)35-44-46(56-62-4)37-48(53(66-47,50(44)49)64-33-7-3)57(52(61)63-34-9-6-2)38-39-24-26-41(54)27-25-39/h6-7,24-29,35-36,40,43,48-50,58-59H,2-3,5,8-23,30-34,37-38H2,1,4H3,(H,55,60)/t40-,43+,48-,49+,50+,53+/m0/s1. The van der Waals surface area contributed by atoms with Crippen LogP contribution in [0.15, 0.2) is 84.6 Å². The monoisotopic (exact) mass is 918 g/mol. The zero-order valence-electron chi connectivity index (χ0n) is 39.6. The van der Waals surface area contributed by atoms with Crippen LogP contribution in [0.3, 0.4) is 0 Å². The van der Waals surface area contributed by atoms with Crippen molar-refractivity contribution in [3.8, 4) is 11.5 Å². The van der Waals surface area contributed by atoms with Crippen molar-refractivity contribution in [2.75, 3.05) is 40.1 Å². The number of nitrogens with zero attached hydrogens (tertiary/aromatic N) is 2. The number of carbonyl (C=O) groups is 2. The van der Waals surface area contributed by atoms with Crippen molar-refractivity contribution in [2.45, 2.75) is 147 Å². The molecule has 1 saturated carbocycles. The Hall–Kier alpha value is -4.72. The van der Waals surface area contributed by atoms with Gasteiger partial charge in [-0.3, -0.25) is 4.90 Å². The first kappa shape index (κ1) is 52.3. The summed E-state index contributed by atoms with van der Waals surface area (Å²) in [6.07, 6.45) is 21.3. The van der Waals surface area contributed by atoms with E-state index in [1.807, 2.05) is 12.1 Å². The van der Waals surface area contributed by atoms with Crippen molar-refractivity contribution >= 4 is 17.9 Å². The highest BCUT2D eigenvalue weighted by atomic mass is 19.1. The van der Waals surface area contributed by atoms with Gasteiger partial charge in [-0.15, -0.1) is 13.2 Å². The molecule has 6 atom stereocenters. The molecule has 1 fully saturated rings. The van der Waals surface area contributed by atoms with Crippen molar-refractivity contribution in [3.63, 3.8) is 0 Å². The van der Waals surface area contributed by atoms with E-state index in [1.54, 1.807) is 35.3 Å². The van der Waals surface area contributed by atoms with E-state index >= 15 is 0 Å². The number of fused-ring (bicyclic) bond motifs is 2. The Kier molecular flexibility index (Phi) is 22.0. The second-order valence-corrected chi connectivity index (χ2v) is 17.9. The van der Waals surface area contributed by atoms with Crippen LogP contribution in [-0.4, -0.2) is 84.9 Å². The second kappa shape index (κ2) is 27.8. The number of carbonyl (C=O) groups excluding carboxylic acids is 2. The summed E-state index contributed by atoms with van der Waals surface area (Å²) in [4.78, 5) is 34.9. The first-order valence-corrected chi connectivity index (χ1v) is 24.6. The van der Waals surface area contributed by atoms with Crippen LogP contribution < -0.4 is 14.8 Å². The first-order valence-electron chi connectivity index (χ1n) is 24.6. The van der Waals surface area contributed by atoms with Crippen molar-refractivity contribution in [2.24, 2.45) is 22.9 Å². The molecule has 12 nitrogen and oxygen atoms in total. The molecule has 2 amide bonds. The van der Waals surface area contributed by atoms with Crippen molar-refractivity contribution in [3.05, 3.63) is 96.4 Å². The molecule has 0 aromatic heterocycles. The predicted octanol–water partition coefficient (Wildman–Crippen LogP) is 11.3. The van der Waals surface area contributed by atoms with Crippen molar-refractivity contribution in [1.29, 1.82) is 0 Å². The third-order valence-electron chi connectivity index (χ3n) is 13.3. The van der Waals surface area contributed by atoms with Crippen LogP contribution in [0.4, 0.5) is 14.0 Å². The van der Waals surface area contributed by atoms with E-state index in [2.05, 4.69) is 36.6 Å². The largest absolute Gasteiger partial charge is 0.459 e. The lowest BCUT2D eigenvalue weighted by atomic mass is 9.55. The van der Waals surface area contributed by atoms with Gasteiger partial charge in [-0.25, -0.2) is 14.0 Å². The Bertz CT molecular complexity index is 1890. The molecule has 66 heavy (non-hydrogen) atoms. The molecule has 0 spiro atoms. The fourth-order valence-corrected chi connectivity index (χ4v) is 10.2. The molecule has 3 N–H and O–H groups in total. The number of oxime groups is 1. The van der Waals surface area contributed by atoms with Gasteiger partial charge >= 0.3 is 12.2 Å². The Morgan fingerprint density at radius 2 is 1.62 bits per heavy atom. The number of unbranched alkanes of at least 4 members (excludes halogenated alkanes) is 11. The third-order valence-corrected chi connectivity index (χ3v) is 13.3. The minimum Gasteiger partial charge on any atom is -0.459 e. The number of amides is 2. The van der Waals surface area contributed by atoms with Gasteiger partial charge in [0.1, 0.15) is 30.5 Å². The number of nitrogens with one attached hydrogen (secondary N) is 1. The average Bonchev–Trinajstić information content (AvgIpc) is 3.31. The van der Waals surface area contributed by atoms with E-state index in [-0.39, 0.29) is 57.1 Å². The van der Waals surface area contributed by atoms with Crippen LogP contribution in [0.1, 0.15) is 140 Å². The molecule has 5 rings (SSSR count). The SMILES string of the molecule is C=CCCOC(=O)N(Cc1ccc(F)cc1)[C@H]1CC(=NOC)C2=C[C@H](CCCCO)[C@@H](CCCCO)[C@@H]3c4cc(OC(=O)NCCCCCCCCCCCC)ccc4O[C@@]1(OCC=C)[C@H]23. The Morgan fingerprint density at radius 1 is 0.924 bits per heavy atom. The molecule has 364 valence electrons. The average molecular weight is 918 g/mol. The Balaban J connectivity index is 1.56. The van der Waals surface area contributed by atoms with E-state index in [0.717, 1.165) is 56.1 Å². The molecule has 13 heteroatoms. The van der Waals surface area contributed by atoms with Crippen LogP contribution in [0.5, 0.6) is 11.5 Å². The van der Waals surface area contributed by atoms with E-state index in [0.29, 0.717) is 48.6 Å². The number of benzene rings is 2. The molecule has 1 aliphatic heterocycles. The van der Waals surface area contributed by atoms with Gasteiger partial charge in [-0.2, -0.15) is 0 Å². The maximum atomic E-state index is 14.5. The zero-order valence-corrected chi connectivity index (χ0v) is 39.6. The lowest BCUT2D eigenvalue weighted by Crippen LogP contribution is -2.70. The third kappa shape index (κ3) is 14.2. The summed E-state index contributed by atoms with van der Waals surface area (Å²) in [5.74, 6) is -2.00. The molecule has 2 aromatic carbocycles. The minimum atomic E-state index is -1.54. The van der Waals surface area contributed by atoms with Gasteiger partial charge in [-0.05, 0) is 91.8 Å². The van der Waals surface area contributed by atoms with Crippen LogP contribution in [0.25, 0.3) is 0 Å². The Labute approximate surface area is 392 Å². The number of halogens is 1. The maximum absolute atomic E-state index is 14.5. The topological polar surface area (TPSA) is 148 Å². The van der Waals surface area contributed by atoms with Gasteiger partial charge in [0.2, 0.25) is 5.79 Å². The van der Waals surface area contributed by atoms with Crippen molar-refractivity contribution in [1.82, 2.24) is 10.2 Å². The predicted molar refractivity (Wildman–Crippen MR) is 256 cm³/mol. The molecule has 0 bridgehead atoms. The summed E-state index contributed by atoms with van der Waals surface area (Å²) in [5.41, 5.74) is 2.96. The molecular weight excluding hydrogens is 842 g/mol. The van der Waals surface area contributed by atoms with Gasteiger partial charge in [0, 0.05) is 44.2 Å². The summed E-state index contributed by atoms with van der Waals surface area (Å²) in [5, 5.41) is 27.4. The second-order valence-electron chi connectivity index (χ2n) is 17.9.